The maximum atomic E-state index is 13.3. The molecule has 33 heavy (non-hydrogen) atoms. The van der Waals surface area contributed by atoms with Crippen LogP contribution >= 0.6 is 34.7 Å². The molecule has 3 aromatic heterocycles. The van der Waals surface area contributed by atoms with Gasteiger partial charge in [0, 0.05) is 23.0 Å². The van der Waals surface area contributed by atoms with Crippen LogP contribution in [0.5, 0.6) is 5.75 Å². The number of hydrogen-bond donors (Lipinski definition) is 0. The number of amides is 1. The molecule has 0 radical (unpaired) electrons. The lowest BCUT2D eigenvalue weighted by Gasteiger charge is -2.18. The Hall–Kier alpha value is -3.07. The summed E-state index contributed by atoms with van der Waals surface area (Å²) in [6.45, 7) is 2.04. The van der Waals surface area contributed by atoms with Gasteiger partial charge in [-0.1, -0.05) is 35.5 Å². The van der Waals surface area contributed by atoms with Crippen molar-refractivity contribution >= 4 is 63.2 Å². The minimum absolute atomic E-state index is 0.196. The number of amidine groups is 1. The van der Waals surface area contributed by atoms with Crippen molar-refractivity contribution in [1.82, 2.24) is 9.38 Å². The van der Waals surface area contributed by atoms with Gasteiger partial charge in [-0.25, -0.2) is 9.98 Å². The number of anilines is 1. The number of methoxy groups -OCH3 is 1. The van der Waals surface area contributed by atoms with Crippen LogP contribution in [0.25, 0.3) is 11.7 Å². The molecule has 4 aromatic rings. The standard InChI is InChI=1S/C24H19ClN4O2S2/c1-15-5-3-9-28-13-16(26-22(15)28)14-33-24-27-20(12-18-6-4-10-32-18)23(30)29(24)17-7-8-21(31-2)19(25)11-17/h3-13H,14H2,1-2H3/b20-12+. The third-order valence-electron chi connectivity index (χ3n) is 5.12. The highest BCUT2D eigenvalue weighted by atomic mass is 35.5. The van der Waals surface area contributed by atoms with Crippen LogP contribution < -0.4 is 9.64 Å². The number of nitrogens with zero attached hydrogens (tertiary/aromatic N) is 4. The average Bonchev–Trinajstić information content (AvgIpc) is 3.53. The first-order valence-corrected chi connectivity index (χ1v) is 12.4. The fourth-order valence-corrected chi connectivity index (χ4v) is 5.34. The molecular weight excluding hydrogens is 476 g/mol. The quantitative estimate of drug-likeness (QED) is 0.317. The Bertz CT molecular complexity index is 1410. The molecule has 0 atom stereocenters. The number of pyridine rings is 1. The number of aryl methyl sites for hydroxylation is 1. The highest BCUT2D eigenvalue weighted by molar-refractivity contribution is 8.13. The Balaban J connectivity index is 1.48. The molecule has 0 bridgehead atoms. The number of carbonyl (C=O) groups excluding carboxylic acids is 1. The Morgan fingerprint density at radius 2 is 2.12 bits per heavy atom. The van der Waals surface area contributed by atoms with Crippen molar-refractivity contribution in [2.45, 2.75) is 12.7 Å². The summed E-state index contributed by atoms with van der Waals surface area (Å²) in [7, 11) is 1.56. The van der Waals surface area contributed by atoms with Gasteiger partial charge in [0.1, 0.15) is 17.1 Å². The zero-order chi connectivity index (χ0) is 22.9. The number of thioether (sulfide) groups is 1. The van der Waals surface area contributed by atoms with Gasteiger partial charge in [-0.15, -0.1) is 11.3 Å². The van der Waals surface area contributed by atoms with E-state index in [2.05, 4.69) is 4.99 Å². The predicted molar refractivity (Wildman–Crippen MR) is 136 cm³/mol. The van der Waals surface area contributed by atoms with E-state index in [4.69, 9.17) is 21.3 Å². The number of benzene rings is 1. The Kier molecular flexibility index (Phi) is 5.97. The predicted octanol–water partition coefficient (Wildman–Crippen LogP) is 6.04. The van der Waals surface area contributed by atoms with E-state index in [-0.39, 0.29) is 5.91 Å². The zero-order valence-corrected chi connectivity index (χ0v) is 20.2. The van der Waals surface area contributed by atoms with E-state index < -0.39 is 0 Å². The number of thiophene rings is 1. The van der Waals surface area contributed by atoms with Crippen molar-refractivity contribution in [2.75, 3.05) is 12.0 Å². The third-order valence-corrected chi connectivity index (χ3v) is 7.21. The van der Waals surface area contributed by atoms with E-state index in [1.807, 2.05) is 59.4 Å². The lowest BCUT2D eigenvalue weighted by molar-refractivity contribution is -0.113. The van der Waals surface area contributed by atoms with Crippen molar-refractivity contribution in [2.24, 2.45) is 4.99 Å². The van der Waals surface area contributed by atoms with Gasteiger partial charge >= 0.3 is 0 Å². The van der Waals surface area contributed by atoms with E-state index in [1.54, 1.807) is 41.5 Å². The molecule has 0 saturated carbocycles. The van der Waals surface area contributed by atoms with Crippen LogP contribution in [0.3, 0.4) is 0 Å². The summed E-state index contributed by atoms with van der Waals surface area (Å²) in [5.74, 6) is 0.922. The van der Waals surface area contributed by atoms with Gasteiger partial charge in [0.05, 0.1) is 23.5 Å². The summed E-state index contributed by atoms with van der Waals surface area (Å²) in [5, 5.41) is 2.98. The van der Waals surface area contributed by atoms with Crippen molar-refractivity contribution in [1.29, 1.82) is 0 Å². The molecule has 1 amide bonds. The van der Waals surface area contributed by atoms with Crippen LogP contribution in [0.1, 0.15) is 16.1 Å². The van der Waals surface area contributed by atoms with Crippen LogP contribution in [-0.2, 0) is 10.5 Å². The number of aromatic nitrogens is 2. The second kappa shape index (κ2) is 9.05. The Morgan fingerprint density at radius 3 is 2.85 bits per heavy atom. The van der Waals surface area contributed by atoms with Gasteiger partial charge in [0.25, 0.3) is 5.91 Å². The smallest absolute Gasteiger partial charge is 0.283 e. The molecule has 1 aliphatic heterocycles. The zero-order valence-electron chi connectivity index (χ0n) is 17.9. The lowest BCUT2D eigenvalue weighted by Crippen LogP contribution is -2.30. The fraction of sp³-hybridized carbons (Fsp3) is 0.125. The minimum Gasteiger partial charge on any atom is -0.495 e. The number of fused-ring (bicyclic) bond motifs is 1. The maximum absolute atomic E-state index is 13.3. The molecular formula is C24H19ClN4O2S2. The first-order chi connectivity index (χ1) is 16.0. The second-order valence-corrected chi connectivity index (χ2v) is 9.67. The van der Waals surface area contributed by atoms with E-state index in [9.17, 15) is 4.79 Å². The van der Waals surface area contributed by atoms with Gasteiger partial charge in [-0.05, 0) is 54.3 Å². The highest BCUT2D eigenvalue weighted by Gasteiger charge is 2.32. The minimum atomic E-state index is -0.196. The highest BCUT2D eigenvalue weighted by Crippen LogP contribution is 2.35. The Morgan fingerprint density at radius 1 is 1.24 bits per heavy atom. The molecule has 166 valence electrons. The molecule has 1 aromatic carbocycles. The molecule has 6 nitrogen and oxygen atoms in total. The van der Waals surface area contributed by atoms with Gasteiger partial charge in [0.2, 0.25) is 0 Å². The second-order valence-electron chi connectivity index (χ2n) is 7.34. The monoisotopic (exact) mass is 494 g/mol. The van der Waals surface area contributed by atoms with Crippen LogP contribution in [0.4, 0.5) is 5.69 Å². The average molecular weight is 495 g/mol. The first-order valence-electron chi connectivity index (χ1n) is 10.1. The number of hydrogen-bond acceptors (Lipinski definition) is 6. The topological polar surface area (TPSA) is 59.2 Å². The van der Waals surface area contributed by atoms with Gasteiger partial charge < -0.3 is 9.14 Å². The first kappa shape index (κ1) is 21.8. The SMILES string of the molecule is COc1ccc(N2C(=O)/C(=C\c3cccs3)N=C2SCc2cn3cccc(C)c3n2)cc1Cl. The van der Waals surface area contributed by atoms with Gasteiger partial charge in [-0.2, -0.15) is 0 Å². The molecule has 0 spiro atoms. The Labute approximate surface area is 204 Å². The van der Waals surface area contributed by atoms with Crippen LogP contribution in [-0.4, -0.2) is 27.6 Å². The molecule has 4 heterocycles. The fourth-order valence-electron chi connectivity index (χ4n) is 3.54. The normalized spacial score (nSPS) is 15.0. The third kappa shape index (κ3) is 4.29. The summed E-state index contributed by atoms with van der Waals surface area (Å²) >= 11 is 9.37. The van der Waals surface area contributed by atoms with Crippen LogP contribution in [0.2, 0.25) is 5.02 Å². The number of ether oxygens (including phenoxy) is 1. The molecule has 0 N–H and O–H groups in total. The molecule has 0 fully saturated rings. The van der Waals surface area contributed by atoms with Crippen molar-refractivity contribution in [3.63, 3.8) is 0 Å². The molecule has 5 rings (SSSR count). The number of carbonyl (C=O) groups is 1. The molecule has 9 heteroatoms. The number of imidazole rings is 1. The van der Waals surface area contributed by atoms with E-state index in [0.717, 1.165) is 21.8 Å². The number of rotatable bonds is 5. The summed E-state index contributed by atoms with van der Waals surface area (Å²) in [5.41, 5.74) is 3.97. The van der Waals surface area contributed by atoms with Crippen LogP contribution in [0, 0.1) is 6.92 Å². The van der Waals surface area contributed by atoms with Crippen molar-refractivity contribution in [3.8, 4) is 5.75 Å². The summed E-state index contributed by atoms with van der Waals surface area (Å²) in [4.78, 5) is 25.3. The maximum Gasteiger partial charge on any atom is 0.283 e. The van der Waals surface area contributed by atoms with Crippen LogP contribution in [0.15, 0.2) is 70.9 Å². The summed E-state index contributed by atoms with van der Waals surface area (Å²) in [6.07, 6.45) is 5.80. The van der Waals surface area contributed by atoms with E-state index >= 15 is 0 Å². The largest absolute Gasteiger partial charge is 0.495 e. The number of halogens is 1. The lowest BCUT2D eigenvalue weighted by atomic mass is 10.2. The molecule has 1 aliphatic rings. The van der Waals surface area contributed by atoms with Gasteiger partial charge in [0.15, 0.2) is 5.17 Å². The van der Waals surface area contributed by atoms with Crippen molar-refractivity contribution < 1.29 is 9.53 Å². The van der Waals surface area contributed by atoms with E-state index in [0.29, 0.717) is 33.1 Å². The molecule has 0 aliphatic carbocycles. The van der Waals surface area contributed by atoms with Crippen molar-refractivity contribution in [3.05, 3.63) is 87.1 Å². The van der Waals surface area contributed by atoms with Gasteiger partial charge in [-0.3, -0.25) is 9.69 Å². The molecule has 0 unspecified atom stereocenters. The summed E-state index contributed by atoms with van der Waals surface area (Å²) in [6, 6.07) is 13.2. The molecule has 0 saturated heterocycles. The number of aliphatic imine (C=N–C) groups is 1. The summed E-state index contributed by atoms with van der Waals surface area (Å²) < 4.78 is 7.27. The van der Waals surface area contributed by atoms with E-state index in [1.165, 1.54) is 11.8 Å².